The second kappa shape index (κ2) is 7.27. The van der Waals surface area contributed by atoms with Gasteiger partial charge in [0.05, 0.1) is 9.21 Å². The van der Waals surface area contributed by atoms with Crippen molar-refractivity contribution in [3.63, 3.8) is 0 Å². The first kappa shape index (κ1) is 14.8. The molecule has 1 atom stereocenters. The van der Waals surface area contributed by atoms with Crippen molar-refractivity contribution in [1.29, 1.82) is 0 Å². The van der Waals surface area contributed by atoms with Crippen LogP contribution in [0.4, 0.5) is 0 Å². The molecule has 1 amide bonds. The van der Waals surface area contributed by atoms with Gasteiger partial charge in [-0.2, -0.15) is 0 Å². The molecule has 0 aliphatic carbocycles. The Morgan fingerprint density at radius 1 is 1.58 bits per heavy atom. The number of amides is 1. The van der Waals surface area contributed by atoms with Crippen LogP contribution in [0.25, 0.3) is 0 Å². The van der Waals surface area contributed by atoms with Crippen LogP contribution < -0.4 is 5.32 Å². The van der Waals surface area contributed by atoms with Gasteiger partial charge in [0.1, 0.15) is 0 Å². The van der Waals surface area contributed by atoms with Crippen molar-refractivity contribution in [2.45, 2.75) is 26.2 Å². The van der Waals surface area contributed by atoms with Gasteiger partial charge in [0, 0.05) is 13.1 Å². The van der Waals surface area contributed by atoms with Crippen LogP contribution in [0.1, 0.15) is 35.9 Å². The lowest BCUT2D eigenvalue weighted by atomic mass is 9.99. The fourth-order valence-corrected chi connectivity index (χ4v) is 3.53. The average molecular weight is 301 g/mol. The number of rotatable bonds is 5. The lowest BCUT2D eigenvalue weighted by Crippen LogP contribution is -2.41. The number of halogens is 1. The van der Waals surface area contributed by atoms with Gasteiger partial charge in [-0.1, -0.05) is 18.5 Å². The SMILES string of the molecule is CCCN(CC1CCCNC1)C(=O)c1ccc(Cl)s1. The molecular weight excluding hydrogens is 280 g/mol. The summed E-state index contributed by atoms with van der Waals surface area (Å²) in [6.45, 7) is 5.93. The van der Waals surface area contributed by atoms with Gasteiger partial charge in [0.25, 0.3) is 5.91 Å². The fourth-order valence-electron chi connectivity index (χ4n) is 2.52. The highest BCUT2D eigenvalue weighted by molar-refractivity contribution is 7.17. The van der Waals surface area contributed by atoms with Crippen LogP contribution in [0.2, 0.25) is 4.34 Å². The second-order valence-electron chi connectivity index (χ2n) is 5.07. The quantitative estimate of drug-likeness (QED) is 0.905. The summed E-state index contributed by atoms with van der Waals surface area (Å²) in [6, 6.07) is 3.63. The number of nitrogens with one attached hydrogen (secondary N) is 1. The van der Waals surface area contributed by atoms with Crippen LogP contribution >= 0.6 is 22.9 Å². The lowest BCUT2D eigenvalue weighted by molar-refractivity contribution is 0.0723. The summed E-state index contributed by atoms with van der Waals surface area (Å²) >= 11 is 7.29. The summed E-state index contributed by atoms with van der Waals surface area (Å²) in [5.74, 6) is 0.712. The molecular formula is C14H21ClN2OS. The molecule has 106 valence electrons. The normalized spacial score (nSPS) is 19.4. The van der Waals surface area contributed by atoms with Crippen molar-refractivity contribution in [2.75, 3.05) is 26.2 Å². The number of carbonyl (C=O) groups excluding carboxylic acids is 1. The van der Waals surface area contributed by atoms with E-state index >= 15 is 0 Å². The van der Waals surface area contributed by atoms with E-state index in [1.165, 1.54) is 24.2 Å². The minimum absolute atomic E-state index is 0.129. The molecule has 1 N–H and O–H groups in total. The van der Waals surface area contributed by atoms with Crippen LogP contribution in [0.3, 0.4) is 0 Å². The van der Waals surface area contributed by atoms with Gasteiger partial charge in [0.15, 0.2) is 0 Å². The first-order valence-corrected chi connectivity index (χ1v) is 8.15. The zero-order valence-electron chi connectivity index (χ0n) is 11.3. The first-order valence-electron chi connectivity index (χ1n) is 6.96. The number of hydrogen-bond acceptors (Lipinski definition) is 3. The summed E-state index contributed by atoms with van der Waals surface area (Å²) < 4.78 is 0.680. The Morgan fingerprint density at radius 2 is 2.42 bits per heavy atom. The molecule has 5 heteroatoms. The topological polar surface area (TPSA) is 32.3 Å². The molecule has 1 fully saturated rings. The molecule has 1 aromatic rings. The van der Waals surface area contributed by atoms with E-state index in [0.717, 1.165) is 37.5 Å². The third-order valence-corrected chi connectivity index (χ3v) is 4.66. The van der Waals surface area contributed by atoms with Gasteiger partial charge in [0.2, 0.25) is 0 Å². The number of thiophene rings is 1. The number of nitrogens with zero attached hydrogens (tertiary/aromatic N) is 1. The van der Waals surface area contributed by atoms with Crippen LogP contribution in [-0.2, 0) is 0 Å². The standard InChI is InChI=1S/C14H21ClN2OS/c1-2-8-17(10-11-4-3-7-16-9-11)14(18)12-5-6-13(15)19-12/h5-6,11,16H,2-4,7-10H2,1H3. The van der Waals surface area contributed by atoms with Crippen LogP contribution in [0.5, 0.6) is 0 Å². The average Bonchev–Trinajstić information content (AvgIpc) is 2.85. The molecule has 1 aliphatic rings. The molecule has 1 unspecified atom stereocenters. The highest BCUT2D eigenvalue weighted by Crippen LogP contribution is 2.23. The molecule has 3 nitrogen and oxygen atoms in total. The molecule has 1 saturated heterocycles. The van der Waals surface area contributed by atoms with Crippen molar-refractivity contribution < 1.29 is 4.79 Å². The monoisotopic (exact) mass is 300 g/mol. The third-order valence-electron chi connectivity index (χ3n) is 3.44. The zero-order valence-corrected chi connectivity index (χ0v) is 12.9. The van der Waals surface area contributed by atoms with E-state index in [9.17, 15) is 4.79 Å². The van der Waals surface area contributed by atoms with Crippen molar-refractivity contribution in [1.82, 2.24) is 10.2 Å². The molecule has 2 rings (SSSR count). The highest BCUT2D eigenvalue weighted by Gasteiger charge is 2.22. The predicted molar refractivity (Wildman–Crippen MR) is 81.1 cm³/mol. The Kier molecular flexibility index (Phi) is 5.67. The molecule has 1 aliphatic heterocycles. The highest BCUT2D eigenvalue weighted by atomic mass is 35.5. The Bertz CT molecular complexity index is 415. The molecule has 0 saturated carbocycles. The molecule has 0 bridgehead atoms. The van der Waals surface area contributed by atoms with Gasteiger partial charge in [-0.3, -0.25) is 4.79 Å². The fraction of sp³-hybridized carbons (Fsp3) is 0.643. The Morgan fingerprint density at radius 3 is 3.00 bits per heavy atom. The summed E-state index contributed by atoms with van der Waals surface area (Å²) in [5, 5.41) is 3.41. The Hall–Kier alpha value is -0.580. The number of piperidine rings is 1. The summed E-state index contributed by atoms with van der Waals surface area (Å²) in [4.78, 5) is 15.2. The van der Waals surface area contributed by atoms with E-state index in [2.05, 4.69) is 12.2 Å². The Labute approximate surface area is 123 Å². The second-order valence-corrected chi connectivity index (χ2v) is 6.78. The van der Waals surface area contributed by atoms with Crippen LogP contribution in [0, 0.1) is 5.92 Å². The maximum absolute atomic E-state index is 12.5. The van der Waals surface area contributed by atoms with Gasteiger partial charge < -0.3 is 10.2 Å². The van der Waals surface area contributed by atoms with Gasteiger partial charge in [-0.25, -0.2) is 0 Å². The van der Waals surface area contributed by atoms with Crippen molar-refractivity contribution in [2.24, 2.45) is 5.92 Å². The first-order chi connectivity index (χ1) is 9.20. The molecule has 2 heterocycles. The van der Waals surface area contributed by atoms with E-state index in [0.29, 0.717) is 10.3 Å². The van der Waals surface area contributed by atoms with Crippen LogP contribution in [-0.4, -0.2) is 37.0 Å². The van der Waals surface area contributed by atoms with E-state index in [-0.39, 0.29) is 5.91 Å². The molecule has 0 spiro atoms. The predicted octanol–water partition coefficient (Wildman–Crippen LogP) is 3.25. The van der Waals surface area contributed by atoms with E-state index in [4.69, 9.17) is 11.6 Å². The maximum atomic E-state index is 12.5. The summed E-state index contributed by atoms with van der Waals surface area (Å²) in [7, 11) is 0. The van der Waals surface area contributed by atoms with Gasteiger partial charge >= 0.3 is 0 Å². The van der Waals surface area contributed by atoms with Crippen molar-refractivity contribution in [3.8, 4) is 0 Å². The maximum Gasteiger partial charge on any atom is 0.263 e. The van der Waals surface area contributed by atoms with Gasteiger partial charge in [-0.05, 0) is 50.4 Å². The summed E-state index contributed by atoms with van der Waals surface area (Å²) in [5.41, 5.74) is 0. The number of carbonyl (C=O) groups is 1. The van der Waals surface area contributed by atoms with Gasteiger partial charge in [-0.15, -0.1) is 11.3 Å². The van der Waals surface area contributed by atoms with Crippen LogP contribution in [0.15, 0.2) is 12.1 Å². The minimum Gasteiger partial charge on any atom is -0.338 e. The van der Waals surface area contributed by atoms with E-state index in [1.807, 2.05) is 11.0 Å². The Balaban J connectivity index is 1.99. The minimum atomic E-state index is 0.129. The molecule has 19 heavy (non-hydrogen) atoms. The number of hydrogen-bond donors (Lipinski definition) is 1. The van der Waals surface area contributed by atoms with Crippen molar-refractivity contribution in [3.05, 3.63) is 21.3 Å². The molecule has 1 aromatic heterocycles. The van der Waals surface area contributed by atoms with E-state index < -0.39 is 0 Å². The van der Waals surface area contributed by atoms with E-state index in [1.54, 1.807) is 6.07 Å². The van der Waals surface area contributed by atoms with Crippen molar-refractivity contribution >= 4 is 28.8 Å². The molecule has 0 aromatic carbocycles. The third kappa shape index (κ3) is 4.20. The smallest absolute Gasteiger partial charge is 0.263 e. The summed E-state index contributed by atoms with van der Waals surface area (Å²) in [6.07, 6.45) is 3.42. The molecule has 0 radical (unpaired) electrons. The zero-order chi connectivity index (χ0) is 13.7. The lowest BCUT2D eigenvalue weighted by Gasteiger charge is -2.29. The largest absolute Gasteiger partial charge is 0.338 e.